The zero-order valence-electron chi connectivity index (χ0n) is 14.3. The number of hydrogen-bond donors (Lipinski definition) is 0. The van der Waals surface area contributed by atoms with Gasteiger partial charge in [-0.3, -0.25) is 0 Å². The molecule has 2 saturated carbocycles. The van der Waals surface area contributed by atoms with Crippen LogP contribution < -0.4 is 0 Å². The number of rotatable bonds is 2. The average molecular weight is 340 g/mol. The van der Waals surface area contributed by atoms with Crippen LogP contribution in [0.25, 0.3) is 0 Å². The minimum absolute atomic E-state index is 0.193. The lowest BCUT2D eigenvalue weighted by atomic mass is 9.82. The van der Waals surface area contributed by atoms with Crippen LogP contribution in [0.3, 0.4) is 0 Å². The molecule has 0 radical (unpaired) electrons. The van der Waals surface area contributed by atoms with Crippen LogP contribution in [0, 0.1) is 23.7 Å². The normalized spacial score (nSPS) is 36.6. The largest absolute Gasteiger partial charge is 0.223 e. The maximum Gasteiger partial charge on any atom is 0.181 e. The molecule has 0 aliphatic heterocycles. The van der Waals surface area contributed by atoms with Crippen molar-refractivity contribution in [2.75, 3.05) is 0 Å². The van der Waals surface area contributed by atoms with Crippen molar-refractivity contribution < 1.29 is 8.42 Å². The van der Waals surface area contributed by atoms with Gasteiger partial charge in [0.15, 0.2) is 9.84 Å². The van der Waals surface area contributed by atoms with Crippen LogP contribution in [0.15, 0.2) is 57.5 Å². The van der Waals surface area contributed by atoms with Gasteiger partial charge in [0.2, 0.25) is 0 Å². The Kier molecular flexibility index (Phi) is 3.02. The Morgan fingerprint density at radius 3 is 2.29 bits per heavy atom. The van der Waals surface area contributed by atoms with Gasteiger partial charge in [-0.15, -0.1) is 0 Å². The van der Waals surface area contributed by atoms with Crippen LogP contribution in [0.4, 0.5) is 0 Å². The molecule has 126 valence electrons. The van der Waals surface area contributed by atoms with Crippen molar-refractivity contribution in [3.63, 3.8) is 0 Å². The number of sulfone groups is 1. The van der Waals surface area contributed by atoms with Crippen LogP contribution in [0.1, 0.15) is 39.5 Å². The van der Waals surface area contributed by atoms with E-state index in [4.69, 9.17) is 0 Å². The third-order valence-electron chi connectivity index (χ3n) is 6.97. The molecule has 2 nitrogen and oxygen atoms in total. The summed E-state index contributed by atoms with van der Waals surface area (Å²) in [7, 11) is -3.21. The van der Waals surface area contributed by atoms with Gasteiger partial charge in [0.05, 0.1) is 10.1 Å². The molecule has 2 fully saturated rings. The third kappa shape index (κ3) is 1.74. The highest BCUT2D eigenvalue weighted by Crippen LogP contribution is 2.67. The first-order chi connectivity index (χ1) is 11.5. The molecule has 0 amide bonds. The number of fused-ring (bicyclic) bond motifs is 8. The summed E-state index contributed by atoms with van der Waals surface area (Å²) < 4.78 is 26.4. The highest BCUT2D eigenvalue weighted by Gasteiger charge is 2.59. The van der Waals surface area contributed by atoms with Crippen LogP contribution >= 0.6 is 0 Å². The number of hydrogen-bond acceptors (Lipinski definition) is 2. The van der Waals surface area contributed by atoms with Crippen molar-refractivity contribution in [1.29, 1.82) is 0 Å². The molecule has 0 N–H and O–H groups in total. The molecule has 4 aliphatic rings. The molecule has 4 aliphatic carbocycles. The molecule has 0 spiro atoms. The fourth-order valence-corrected chi connectivity index (χ4v) is 8.40. The van der Waals surface area contributed by atoms with Crippen molar-refractivity contribution in [3.05, 3.63) is 52.6 Å². The van der Waals surface area contributed by atoms with Gasteiger partial charge in [-0.1, -0.05) is 40.5 Å². The van der Waals surface area contributed by atoms with E-state index in [-0.39, 0.29) is 11.2 Å². The highest BCUT2D eigenvalue weighted by atomic mass is 32.2. The Hall–Kier alpha value is -1.35. The second-order valence-corrected chi connectivity index (χ2v) is 10.4. The summed E-state index contributed by atoms with van der Waals surface area (Å²) in [5.41, 5.74) is 6.35. The van der Waals surface area contributed by atoms with Crippen LogP contribution in [0.5, 0.6) is 0 Å². The lowest BCUT2D eigenvalue weighted by Crippen LogP contribution is -2.30. The Balaban J connectivity index is 1.56. The maximum absolute atomic E-state index is 13.2. The molecule has 1 aromatic rings. The minimum Gasteiger partial charge on any atom is -0.223 e. The van der Waals surface area contributed by atoms with E-state index in [9.17, 15) is 8.42 Å². The monoisotopic (exact) mass is 340 g/mol. The average Bonchev–Trinajstić information content (AvgIpc) is 3.32. The predicted octanol–water partition coefficient (Wildman–Crippen LogP) is 4.54. The zero-order chi connectivity index (χ0) is 16.6. The van der Waals surface area contributed by atoms with E-state index in [1.54, 1.807) is 28.9 Å². The van der Waals surface area contributed by atoms with E-state index in [1.807, 2.05) is 18.2 Å². The summed E-state index contributed by atoms with van der Waals surface area (Å²) in [4.78, 5) is 0.510. The fraction of sp³-hybridized carbons (Fsp3) is 0.524. The van der Waals surface area contributed by atoms with Gasteiger partial charge in [0.25, 0.3) is 0 Å². The Morgan fingerprint density at radius 2 is 1.62 bits per heavy atom. The van der Waals surface area contributed by atoms with E-state index in [0.717, 1.165) is 12.8 Å². The molecule has 0 saturated heterocycles. The van der Waals surface area contributed by atoms with Gasteiger partial charge < -0.3 is 0 Å². The summed E-state index contributed by atoms with van der Waals surface area (Å²) in [5, 5.41) is -0.193. The predicted molar refractivity (Wildman–Crippen MR) is 95.2 cm³/mol. The topological polar surface area (TPSA) is 34.1 Å². The van der Waals surface area contributed by atoms with Crippen LogP contribution in [-0.2, 0) is 9.84 Å². The first kappa shape index (κ1) is 14.9. The first-order valence-corrected chi connectivity index (χ1v) is 10.7. The van der Waals surface area contributed by atoms with Gasteiger partial charge in [-0.05, 0) is 63.5 Å². The van der Waals surface area contributed by atoms with Crippen molar-refractivity contribution in [2.24, 2.45) is 23.7 Å². The molecule has 24 heavy (non-hydrogen) atoms. The number of allylic oxidation sites excluding steroid dienone is 4. The highest BCUT2D eigenvalue weighted by molar-refractivity contribution is 7.92. The molecule has 5 rings (SSSR count). The molecule has 4 bridgehead atoms. The van der Waals surface area contributed by atoms with Gasteiger partial charge in [-0.2, -0.15) is 0 Å². The maximum atomic E-state index is 13.2. The second kappa shape index (κ2) is 4.85. The van der Waals surface area contributed by atoms with Gasteiger partial charge in [0.1, 0.15) is 0 Å². The second-order valence-electron chi connectivity index (χ2n) is 8.22. The van der Waals surface area contributed by atoms with E-state index < -0.39 is 9.84 Å². The molecule has 0 heterocycles. The molecule has 0 aromatic heterocycles. The summed E-state index contributed by atoms with van der Waals surface area (Å²) in [6.07, 6.45) is 4.47. The Bertz CT molecular complexity index is 872. The summed E-state index contributed by atoms with van der Waals surface area (Å²) >= 11 is 0. The lowest BCUT2D eigenvalue weighted by Gasteiger charge is -2.29. The molecular formula is C21H24O2S. The van der Waals surface area contributed by atoms with Gasteiger partial charge in [-0.25, -0.2) is 8.42 Å². The summed E-state index contributed by atoms with van der Waals surface area (Å²) in [5.74, 6) is 2.03. The standard InChI is InChI=1S/C21H24O2S/c1-12(2)19-15-8-9-16(19)21-17-10-13(20(15)21)11-18(17)24(22,23)14-6-4-3-5-7-14/h3-7,13,15-18H,8-11H2,1-2H3/t13-,15+,16+,17-,18+/m0/s1. The van der Waals surface area contributed by atoms with Crippen molar-refractivity contribution in [2.45, 2.75) is 49.7 Å². The van der Waals surface area contributed by atoms with Crippen molar-refractivity contribution in [1.82, 2.24) is 0 Å². The lowest BCUT2D eigenvalue weighted by molar-refractivity contribution is 0.508. The van der Waals surface area contributed by atoms with E-state index in [0.29, 0.717) is 22.6 Å². The van der Waals surface area contributed by atoms with Crippen LogP contribution in [-0.4, -0.2) is 13.7 Å². The quantitative estimate of drug-likeness (QED) is 0.585. The smallest absolute Gasteiger partial charge is 0.181 e. The molecule has 5 atom stereocenters. The van der Waals surface area contributed by atoms with Gasteiger partial charge >= 0.3 is 0 Å². The summed E-state index contributed by atoms with van der Waals surface area (Å²) in [6, 6.07) is 9.09. The molecule has 1 aromatic carbocycles. The van der Waals surface area contributed by atoms with E-state index >= 15 is 0 Å². The summed E-state index contributed by atoms with van der Waals surface area (Å²) in [6.45, 7) is 4.48. The minimum atomic E-state index is -3.21. The van der Waals surface area contributed by atoms with E-state index in [1.165, 1.54) is 18.4 Å². The van der Waals surface area contributed by atoms with Gasteiger partial charge in [0, 0.05) is 11.8 Å². The van der Waals surface area contributed by atoms with Crippen molar-refractivity contribution >= 4 is 9.84 Å². The zero-order valence-corrected chi connectivity index (χ0v) is 15.1. The van der Waals surface area contributed by atoms with E-state index in [2.05, 4.69) is 13.8 Å². The molecular weight excluding hydrogens is 316 g/mol. The molecule has 3 heteroatoms. The fourth-order valence-electron chi connectivity index (χ4n) is 6.33. The first-order valence-electron chi connectivity index (χ1n) is 9.20. The van der Waals surface area contributed by atoms with Crippen LogP contribution in [0.2, 0.25) is 0 Å². The SMILES string of the molecule is CC(C)=C1[C@H]2CC[C@H]1C1=C2[C@H]2C[C@H]1C[C@H]2S(=O)(=O)c1ccccc1. The Labute approximate surface area is 144 Å². The van der Waals surface area contributed by atoms with Crippen molar-refractivity contribution in [3.8, 4) is 0 Å². The Morgan fingerprint density at radius 1 is 0.958 bits per heavy atom. The molecule has 0 unspecified atom stereocenters. The third-order valence-corrected chi connectivity index (χ3v) is 9.22. The number of benzene rings is 1.